The molecule has 1 saturated carbocycles. The average Bonchev–Trinajstić information content (AvgIpc) is 2.91. The van der Waals surface area contributed by atoms with Gasteiger partial charge in [-0.15, -0.1) is 0 Å². The Balaban J connectivity index is 2.14. The van der Waals surface area contributed by atoms with Crippen molar-refractivity contribution in [3.05, 3.63) is 23.8 Å². The van der Waals surface area contributed by atoms with E-state index in [1.807, 2.05) is 20.0 Å². The molecule has 0 atom stereocenters. The molecule has 0 bridgehead atoms. The molecule has 0 aromatic heterocycles. The number of ether oxygens (including phenoxy) is 1. The molecule has 0 aliphatic heterocycles. The van der Waals surface area contributed by atoms with E-state index < -0.39 is 0 Å². The summed E-state index contributed by atoms with van der Waals surface area (Å²) in [6.07, 6.45) is 5.01. The zero-order chi connectivity index (χ0) is 14.5. The SMILES string of the molecule is CCOc1cccc(N)c1C(=O)N(C)CC1CCCC1. The van der Waals surface area contributed by atoms with E-state index in [1.165, 1.54) is 25.7 Å². The molecule has 0 radical (unpaired) electrons. The monoisotopic (exact) mass is 276 g/mol. The van der Waals surface area contributed by atoms with Crippen molar-refractivity contribution in [2.24, 2.45) is 5.92 Å². The molecule has 4 heteroatoms. The number of hydrogen-bond donors (Lipinski definition) is 1. The Morgan fingerprint density at radius 1 is 1.40 bits per heavy atom. The van der Waals surface area contributed by atoms with Crippen molar-refractivity contribution in [1.82, 2.24) is 4.90 Å². The van der Waals surface area contributed by atoms with Crippen LogP contribution in [-0.4, -0.2) is 31.0 Å². The number of carbonyl (C=O) groups is 1. The van der Waals surface area contributed by atoms with Crippen molar-refractivity contribution in [2.45, 2.75) is 32.6 Å². The van der Waals surface area contributed by atoms with Gasteiger partial charge in [-0.1, -0.05) is 18.9 Å². The molecule has 1 aromatic carbocycles. The summed E-state index contributed by atoms with van der Waals surface area (Å²) in [7, 11) is 1.85. The van der Waals surface area contributed by atoms with Gasteiger partial charge in [0, 0.05) is 19.3 Å². The molecule has 1 aromatic rings. The lowest BCUT2D eigenvalue weighted by molar-refractivity contribution is 0.0770. The first-order valence-electron chi connectivity index (χ1n) is 7.40. The number of nitrogens with two attached hydrogens (primary N) is 1. The first-order valence-corrected chi connectivity index (χ1v) is 7.40. The van der Waals surface area contributed by atoms with E-state index in [-0.39, 0.29) is 5.91 Å². The number of rotatable bonds is 5. The van der Waals surface area contributed by atoms with Crippen molar-refractivity contribution in [2.75, 3.05) is 25.9 Å². The van der Waals surface area contributed by atoms with Gasteiger partial charge in [-0.2, -0.15) is 0 Å². The van der Waals surface area contributed by atoms with Gasteiger partial charge in [0.05, 0.1) is 6.61 Å². The minimum Gasteiger partial charge on any atom is -0.493 e. The highest BCUT2D eigenvalue weighted by Crippen LogP contribution is 2.28. The molecular weight excluding hydrogens is 252 g/mol. The average molecular weight is 276 g/mol. The van der Waals surface area contributed by atoms with Crippen LogP contribution in [0.3, 0.4) is 0 Å². The molecule has 4 nitrogen and oxygen atoms in total. The molecular formula is C16H24N2O2. The van der Waals surface area contributed by atoms with Gasteiger partial charge in [0.15, 0.2) is 0 Å². The number of amides is 1. The van der Waals surface area contributed by atoms with Crippen LogP contribution in [0.4, 0.5) is 5.69 Å². The Bertz CT molecular complexity index is 468. The maximum atomic E-state index is 12.6. The number of anilines is 1. The third-order valence-electron chi connectivity index (χ3n) is 3.93. The maximum Gasteiger partial charge on any atom is 0.259 e. The van der Waals surface area contributed by atoms with Gasteiger partial charge in [0.25, 0.3) is 5.91 Å². The largest absolute Gasteiger partial charge is 0.493 e. The number of nitrogens with zero attached hydrogens (tertiary/aromatic N) is 1. The molecule has 1 amide bonds. The van der Waals surface area contributed by atoms with Crippen LogP contribution < -0.4 is 10.5 Å². The van der Waals surface area contributed by atoms with E-state index in [2.05, 4.69) is 0 Å². The first-order chi connectivity index (χ1) is 9.63. The Hall–Kier alpha value is -1.71. The van der Waals surface area contributed by atoms with Crippen LogP contribution in [0.2, 0.25) is 0 Å². The second kappa shape index (κ2) is 6.64. The highest BCUT2D eigenvalue weighted by molar-refractivity contribution is 6.01. The van der Waals surface area contributed by atoms with Crippen molar-refractivity contribution in [3.8, 4) is 5.75 Å². The molecule has 1 fully saturated rings. The topological polar surface area (TPSA) is 55.6 Å². The number of nitrogen functional groups attached to an aromatic ring is 1. The fraction of sp³-hybridized carbons (Fsp3) is 0.562. The molecule has 110 valence electrons. The third kappa shape index (κ3) is 3.24. The van der Waals surface area contributed by atoms with Gasteiger partial charge in [-0.3, -0.25) is 4.79 Å². The number of benzene rings is 1. The van der Waals surface area contributed by atoms with Crippen LogP contribution in [-0.2, 0) is 0 Å². The van der Waals surface area contributed by atoms with E-state index in [0.717, 1.165) is 6.54 Å². The molecule has 0 spiro atoms. The van der Waals surface area contributed by atoms with Gasteiger partial charge in [-0.25, -0.2) is 0 Å². The quantitative estimate of drug-likeness (QED) is 0.841. The summed E-state index contributed by atoms with van der Waals surface area (Å²) in [5.41, 5.74) is 6.95. The minimum atomic E-state index is -0.0431. The molecule has 1 aliphatic carbocycles. The zero-order valence-corrected chi connectivity index (χ0v) is 12.4. The summed E-state index contributed by atoms with van der Waals surface area (Å²) in [4.78, 5) is 14.4. The van der Waals surface area contributed by atoms with Crippen LogP contribution in [0.5, 0.6) is 5.75 Å². The lowest BCUT2D eigenvalue weighted by Gasteiger charge is -2.23. The van der Waals surface area contributed by atoms with Gasteiger partial charge in [0.2, 0.25) is 0 Å². The lowest BCUT2D eigenvalue weighted by atomic mass is 10.1. The predicted molar refractivity (Wildman–Crippen MR) is 80.9 cm³/mol. The first kappa shape index (κ1) is 14.7. The highest BCUT2D eigenvalue weighted by Gasteiger charge is 2.23. The molecule has 0 heterocycles. The normalized spacial score (nSPS) is 15.3. The fourth-order valence-corrected chi connectivity index (χ4v) is 2.91. The second-order valence-electron chi connectivity index (χ2n) is 5.49. The summed E-state index contributed by atoms with van der Waals surface area (Å²) >= 11 is 0. The molecule has 2 rings (SSSR count). The highest BCUT2D eigenvalue weighted by atomic mass is 16.5. The molecule has 0 unspecified atom stereocenters. The van der Waals surface area contributed by atoms with Crippen LogP contribution >= 0.6 is 0 Å². The molecule has 1 aliphatic rings. The summed E-state index contributed by atoms with van der Waals surface area (Å²) in [6.45, 7) is 3.23. The van der Waals surface area contributed by atoms with E-state index in [1.54, 1.807) is 17.0 Å². The van der Waals surface area contributed by atoms with Crippen LogP contribution in [0.15, 0.2) is 18.2 Å². The Kier molecular flexibility index (Phi) is 4.88. The van der Waals surface area contributed by atoms with Gasteiger partial charge >= 0.3 is 0 Å². The van der Waals surface area contributed by atoms with Crippen molar-refractivity contribution in [1.29, 1.82) is 0 Å². The van der Waals surface area contributed by atoms with Gasteiger partial charge in [-0.05, 0) is 37.8 Å². The van der Waals surface area contributed by atoms with Crippen molar-refractivity contribution < 1.29 is 9.53 Å². The standard InChI is InChI=1S/C16H24N2O2/c1-3-20-14-10-6-9-13(17)15(14)16(19)18(2)11-12-7-4-5-8-12/h6,9-10,12H,3-5,7-8,11,17H2,1-2H3. The maximum absolute atomic E-state index is 12.6. The van der Waals surface area contributed by atoms with Gasteiger partial charge in [0.1, 0.15) is 11.3 Å². The van der Waals surface area contributed by atoms with E-state index in [9.17, 15) is 4.79 Å². The molecule has 0 saturated heterocycles. The summed E-state index contributed by atoms with van der Waals surface area (Å²) in [5.74, 6) is 1.17. The molecule has 2 N–H and O–H groups in total. The zero-order valence-electron chi connectivity index (χ0n) is 12.4. The second-order valence-corrected chi connectivity index (χ2v) is 5.49. The van der Waals surface area contributed by atoms with E-state index in [0.29, 0.717) is 29.5 Å². The van der Waals surface area contributed by atoms with Crippen LogP contribution in [0.1, 0.15) is 43.0 Å². The van der Waals surface area contributed by atoms with E-state index in [4.69, 9.17) is 10.5 Å². The Labute approximate surface area is 120 Å². The number of hydrogen-bond acceptors (Lipinski definition) is 3. The summed E-state index contributed by atoms with van der Waals surface area (Å²) < 4.78 is 5.53. The van der Waals surface area contributed by atoms with Crippen LogP contribution in [0, 0.1) is 5.92 Å². The number of carbonyl (C=O) groups excluding carboxylic acids is 1. The Morgan fingerprint density at radius 3 is 2.75 bits per heavy atom. The van der Waals surface area contributed by atoms with Crippen molar-refractivity contribution in [3.63, 3.8) is 0 Å². The Morgan fingerprint density at radius 2 is 2.10 bits per heavy atom. The summed E-state index contributed by atoms with van der Waals surface area (Å²) in [6, 6.07) is 5.36. The van der Waals surface area contributed by atoms with Gasteiger partial charge < -0.3 is 15.4 Å². The predicted octanol–water partition coefficient (Wildman–Crippen LogP) is 2.93. The summed E-state index contributed by atoms with van der Waals surface area (Å²) in [5, 5.41) is 0. The minimum absolute atomic E-state index is 0.0431. The molecule has 20 heavy (non-hydrogen) atoms. The van der Waals surface area contributed by atoms with Crippen LogP contribution in [0.25, 0.3) is 0 Å². The van der Waals surface area contributed by atoms with E-state index >= 15 is 0 Å². The smallest absolute Gasteiger partial charge is 0.259 e. The van der Waals surface area contributed by atoms with Crippen molar-refractivity contribution >= 4 is 11.6 Å². The third-order valence-corrected chi connectivity index (χ3v) is 3.93. The lowest BCUT2D eigenvalue weighted by Crippen LogP contribution is -2.32. The fourth-order valence-electron chi connectivity index (χ4n) is 2.91.